The lowest BCUT2D eigenvalue weighted by Gasteiger charge is -2.19. The molecule has 1 atom stereocenters. The Hall–Kier alpha value is -0.580. The molecule has 16 heavy (non-hydrogen) atoms. The second-order valence-corrected chi connectivity index (χ2v) is 4.63. The maximum Gasteiger partial charge on any atom is 0.125 e. The van der Waals surface area contributed by atoms with Gasteiger partial charge in [-0.05, 0) is 44.0 Å². The summed E-state index contributed by atoms with van der Waals surface area (Å²) in [5.41, 5.74) is 8.40. The van der Waals surface area contributed by atoms with E-state index in [1.165, 1.54) is 0 Å². The zero-order valence-corrected chi connectivity index (χ0v) is 11.5. The molecule has 4 heteroatoms. The number of halogens is 1. The minimum absolute atomic E-state index is 0.454. The van der Waals surface area contributed by atoms with E-state index < -0.39 is 6.10 Å². The van der Waals surface area contributed by atoms with Gasteiger partial charge in [-0.2, -0.15) is 0 Å². The summed E-state index contributed by atoms with van der Waals surface area (Å²) >= 11 is 3.51. The highest BCUT2D eigenvalue weighted by Crippen LogP contribution is 2.36. The van der Waals surface area contributed by atoms with Gasteiger partial charge in [0.1, 0.15) is 5.75 Å². The number of benzene rings is 1. The molecule has 0 aliphatic rings. The topological polar surface area (TPSA) is 55.5 Å². The normalized spacial score (nSPS) is 12.6. The summed E-state index contributed by atoms with van der Waals surface area (Å²) in [6.45, 7) is 4.42. The van der Waals surface area contributed by atoms with Gasteiger partial charge in [0, 0.05) is 10.0 Å². The number of aliphatic hydroxyl groups is 1. The van der Waals surface area contributed by atoms with E-state index >= 15 is 0 Å². The third kappa shape index (κ3) is 2.56. The van der Waals surface area contributed by atoms with Gasteiger partial charge in [-0.15, -0.1) is 0 Å². The van der Waals surface area contributed by atoms with E-state index in [-0.39, 0.29) is 0 Å². The lowest BCUT2D eigenvalue weighted by atomic mass is 9.98. The number of aryl methyl sites for hydroxylation is 1. The Morgan fingerprint density at radius 2 is 2.12 bits per heavy atom. The van der Waals surface area contributed by atoms with Gasteiger partial charge in [-0.3, -0.25) is 0 Å². The van der Waals surface area contributed by atoms with Crippen molar-refractivity contribution in [1.29, 1.82) is 0 Å². The molecule has 90 valence electrons. The fourth-order valence-corrected chi connectivity index (χ4v) is 2.15. The number of rotatable bonds is 4. The molecule has 0 radical (unpaired) electrons. The Balaban J connectivity index is 3.29. The van der Waals surface area contributed by atoms with Crippen LogP contribution in [0.5, 0.6) is 5.75 Å². The average Bonchev–Trinajstić information content (AvgIpc) is 2.25. The first kappa shape index (κ1) is 13.5. The van der Waals surface area contributed by atoms with Gasteiger partial charge in [-0.1, -0.05) is 15.9 Å². The van der Waals surface area contributed by atoms with E-state index in [9.17, 15) is 5.11 Å². The summed E-state index contributed by atoms with van der Waals surface area (Å²) in [5.74, 6) is 0.721. The number of methoxy groups -OCH3 is 1. The molecule has 0 aliphatic carbocycles. The second kappa shape index (κ2) is 5.66. The number of ether oxygens (including phenoxy) is 1. The van der Waals surface area contributed by atoms with E-state index in [0.717, 1.165) is 26.9 Å². The molecule has 0 bridgehead atoms. The van der Waals surface area contributed by atoms with Gasteiger partial charge in [0.25, 0.3) is 0 Å². The molecular weight excluding hydrogens is 270 g/mol. The van der Waals surface area contributed by atoms with Crippen molar-refractivity contribution in [1.82, 2.24) is 0 Å². The van der Waals surface area contributed by atoms with Crippen molar-refractivity contribution < 1.29 is 9.84 Å². The lowest BCUT2D eigenvalue weighted by Crippen LogP contribution is -2.10. The minimum atomic E-state index is -0.572. The Morgan fingerprint density at radius 1 is 1.50 bits per heavy atom. The fourth-order valence-electron chi connectivity index (χ4n) is 1.82. The third-order valence-corrected chi connectivity index (χ3v) is 3.91. The van der Waals surface area contributed by atoms with Gasteiger partial charge >= 0.3 is 0 Å². The first-order valence-electron chi connectivity index (χ1n) is 5.24. The smallest absolute Gasteiger partial charge is 0.125 e. The van der Waals surface area contributed by atoms with E-state index in [4.69, 9.17) is 10.5 Å². The van der Waals surface area contributed by atoms with Crippen molar-refractivity contribution in [2.75, 3.05) is 13.7 Å². The zero-order valence-electron chi connectivity index (χ0n) is 9.88. The summed E-state index contributed by atoms with van der Waals surface area (Å²) in [6, 6.07) is 1.92. The number of nitrogens with two attached hydrogens (primary N) is 1. The van der Waals surface area contributed by atoms with E-state index in [0.29, 0.717) is 13.0 Å². The van der Waals surface area contributed by atoms with Crippen LogP contribution in [-0.2, 0) is 0 Å². The van der Waals surface area contributed by atoms with Gasteiger partial charge in [0.2, 0.25) is 0 Å². The molecule has 0 amide bonds. The summed E-state index contributed by atoms with van der Waals surface area (Å²) in [7, 11) is 1.61. The molecule has 1 aromatic rings. The molecule has 1 unspecified atom stereocenters. The fraction of sp³-hybridized carbons (Fsp3) is 0.500. The molecule has 0 spiro atoms. The molecule has 0 saturated heterocycles. The molecule has 0 fully saturated rings. The van der Waals surface area contributed by atoms with Gasteiger partial charge in [0.05, 0.1) is 13.2 Å². The highest BCUT2D eigenvalue weighted by molar-refractivity contribution is 9.10. The summed E-state index contributed by atoms with van der Waals surface area (Å²) < 4.78 is 6.32. The molecule has 0 saturated carbocycles. The minimum Gasteiger partial charge on any atom is -0.496 e. The van der Waals surface area contributed by atoms with E-state index in [2.05, 4.69) is 15.9 Å². The lowest BCUT2D eigenvalue weighted by molar-refractivity contribution is 0.165. The second-order valence-electron chi connectivity index (χ2n) is 3.84. The van der Waals surface area contributed by atoms with Crippen molar-refractivity contribution in [2.24, 2.45) is 5.73 Å². The molecule has 0 aliphatic heterocycles. The van der Waals surface area contributed by atoms with Gasteiger partial charge < -0.3 is 15.6 Å². The molecular formula is C12H18BrNO2. The van der Waals surface area contributed by atoms with Crippen LogP contribution in [0.3, 0.4) is 0 Å². The first-order chi connectivity index (χ1) is 7.52. The van der Waals surface area contributed by atoms with Crippen LogP contribution in [0.4, 0.5) is 0 Å². The Labute approximate surface area is 105 Å². The zero-order chi connectivity index (χ0) is 12.3. The standard InChI is InChI=1S/C12H18BrNO2/c1-7-6-10(16-3)11(8(2)12(7)13)9(15)4-5-14/h6,9,15H,4-5,14H2,1-3H3. The predicted molar refractivity (Wildman–Crippen MR) is 68.8 cm³/mol. The number of aliphatic hydroxyl groups excluding tert-OH is 1. The number of hydrogen-bond acceptors (Lipinski definition) is 3. The van der Waals surface area contributed by atoms with Crippen LogP contribution in [0.1, 0.15) is 29.2 Å². The van der Waals surface area contributed by atoms with Crippen LogP contribution in [0.25, 0.3) is 0 Å². The van der Waals surface area contributed by atoms with Crippen molar-refractivity contribution >= 4 is 15.9 Å². The van der Waals surface area contributed by atoms with Crippen molar-refractivity contribution in [3.63, 3.8) is 0 Å². The van der Waals surface area contributed by atoms with Crippen molar-refractivity contribution in [3.8, 4) is 5.75 Å². The predicted octanol–water partition coefficient (Wildman–Crippen LogP) is 2.46. The largest absolute Gasteiger partial charge is 0.496 e. The molecule has 3 N–H and O–H groups in total. The molecule has 1 rings (SSSR count). The Bertz CT molecular complexity index is 380. The maximum atomic E-state index is 10.0. The Morgan fingerprint density at radius 3 is 2.62 bits per heavy atom. The summed E-state index contributed by atoms with van der Waals surface area (Å²) in [6.07, 6.45) is -0.0379. The molecule has 1 aromatic carbocycles. The van der Waals surface area contributed by atoms with E-state index in [1.54, 1.807) is 7.11 Å². The quantitative estimate of drug-likeness (QED) is 0.894. The van der Waals surface area contributed by atoms with Crippen LogP contribution in [0.2, 0.25) is 0 Å². The number of hydrogen-bond donors (Lipinski definition) is 2. The maximum absolute atomic E-state index is 10.0. The summed E-state index contributed by atoms with van der Waals surface area (Å²) in [4.78, 5) is 0. The molecule has 0 heterocycles. The SMILES string of the molecule is COc1cc(C)c(Br)c(C)c1C(O)CCN. The first-order valence-corrected chi connectivity index (χ1v) is 6.04. The molecule has 3 nitrogen and oxygen atoms in total. The molecule has 0 aromatic heterocycles. The van der Waals surface area contributed by atoms with Crippen LogP contribution >= 0.6 is 15.9 Å². The third-order valence-electron chi connectivity index (χ3n) is 2.69. The Kier molecular flexibility index (Phi) is 4.77. The van der Waals surface area contributed by atoms with Gasteiger partial charge in [-0.25, -0.2) is 0 Å². The van der Waals surface area contributed by atoms with Crippen LogP contribution in [0.15, 0.2) is 10.5 Å². The van der Waals surface area contributed by atoms with Crippen LogP contribution in [-0.4, -0.2) is 18.8 Å². The highest BCUT2D eigenvalue weighted by Gasteiger charge is 2.18. The van der Waals surface area contributed by atoms with Gasteiger partial charge in [0.15, 0.2) is 0 Å². The van der Waals surface area contributed by atoms with Crippen molar-refractivity contribution in [2.45, 2.75) is 26.4 Å². The summed E-state index contributed by atoms with van der Waals surface area (Å²) in [5, 5.41) is 10.0. The monoisotopic (exact) mass is 287 g/mol. The highest BCUT2D eigenvalue weighted by atomic mass is 79.9. The average molecular weight is 288 g/mol. The van der Waals surface area contributed by atoms with E-state index in [1.807, 2.05) is 19.9 Å². The van der Waals surface area contributed by atoms with Crippen LogP contribution in [0, 0.1) is 13.8 Å². The van der Waals surface area contributed by atoms with Crippen LogP contribution < -0.4 is 10.5 Å². The van der Waals surface area contributed by atoms with Crippen molar-refractivity contribution in [3.05, 3.63) is 27.2 Å².